The predicted molar refractivity (Wildman–Crippen MR) is 78.6 cm³/mol. The Morgan fingerprint density at radius 1 is 1.27 bits per heavy atom. The molecule has 0 amide bonds. The summed E-state index contributed by atoms with van der Waals surface area (Å²) in [5.74, 6) is 0.634. The molecule has 0 radical (unpaired) electrons. The van der Waals surface area contributed by atoms with Gasteiger partial charge >= 0.3 is 5.97 Å². The van der Waals surface area contributed by atoms with Gasteiger partial charge in [0.1, 0.15) is 17.3 Å². The summed E-state index contributed by atoms with van der Waals surface area (Å²) >= 11 is 0. The fraction of sp³-hybridized carbons (Fsp3) is 0.176. The molecule has 0 bridgehead atoms. The van der Waals surface area contributed by atoms with Crippen molar-refractivity contribution in [2.75, 3.05) is 0 Å². The summed E-state index contributed by atoms with van der Waals surface area (Å²) < 4.78 is 15.9. The lowest BCUT2D eigenvalue weighted by Crippen LogP contribution is -2.14. The second-order valence-electron chi connectivity index (χ2n) is 5.19. The third-order valence-electron chi connectivity index (χ3n) is 3.15. The van der Waals surface area contributed by atoms with Crippen LogP contribution in [-0.4, -0.2) is 11.8 Å². The molecule has 5 nitrogen and oxygen atoms in total. The third-order valence-corrected chi connectivity index (χ3v) is 3.15. The molecule has 0 spiro atoms. The highest BCUT2D eigenvalue weighted by molar-refractivity contribution is 6.14. The van der Waals surface area contributed by atoms with E-state index in [1.165, 1.54) is 18.4 Å². The van der Waals surface area contributed by atoms with Crippen LogP contribution in [-0.2, 0) is 4.79 Å². The average molecular weight is 298 g/mol. The number of furan rings is 1. The molecular weight excluding hydrogens is 284 g/mol. The smallest absolute Gasteiger partial charge is 0.313 e. The van der Waals surface area contributed by atoms with Gasteiger partial charge in [0.25, 0.3) is 0 Å². The molecule has 0 N–H and O–H groups in total. The molecule has 0 saturated heterocycles. The molecule has 0 unspecified atom stereocenters. The SMILES string of the molecule is CC(C)C(=O)Oc1ccc2c(c1)O/C(=C\c1ccco1)C2=O. The van der Waals surface area contributed by atoms with Gasteiger partial charge in [0, 0.05) is 12.1 Å². The normalized spacial score (nSPS) is 15.0. The van der Waals surface area contributed by atoms with Crippen molar-refractivity contribution in [1.29, 1.82) is 0 Å². The maximum atomic E-state index is 12.2. The number of benzene rings is 1. The number of carbonyl (C=O) groups excluding carboxylic acids is 2. The minimum Gasteiger partial charge on any atom is -0.465 e. The van der Waals surface area contributed by atoms with Crippen molar-refractivity contribution in [3.05, 3.63) is 53.7 Å². The molecule has 0 saturated carbocycles. The summed E-state index contributed by atoms with van der Waals surface area (Å²) in [6.45, 7) is 3.50. The maximum absolute atomic E-state index is 12.2. The van der Waals surface area contributed by atoms with Crippen LogP contribution in [0.15, 0.2) is 46.8 Å². The van der Waals surface area contributed by atoms with Gasteiger partial charge in [-0.05, 0) is 24.3 Å². The summed E-state index contributed by atoms with van der Waals surface area (Å²) in [7, 11) is 0. The number of Topliss-reactive ketones (excluding diaryl/α,β-unsaturated/α-hetero) is 1. The molecule has 2 aromatic rings. The first-order valence-electron chi connectivity index (χ1n) is 6.88. The van der Waals surface area contributed by atoms with E-state index < -0.39 is 0 Å². The number of ketones is 1. The lowest BCUT2D eigenvalue weighted by molar-refractivity contribution is -0.137. The second-order valence-corrected chi connectivity index (χ2v) is 5.19. The molecule has 0 aliphatic carbocycles. The highest BCUT2D eigenvalue weighted by Gasteiger charge is 2.28. The Kier molecular flexibility index (Phi) is 3.55. The van der Waals surface area contributed by atoms with E-state index in [9.17, 15) is 9.59 Å². The minimum atomic E-state index is -0.337. The van der Waals surface area contributed by atoms with Crippen molar-refractivity contribution in [3.63, 3.8) is 0 Å². The molecule has 1 aliphatic heterocycles. The van der Waals surface area contributed by atoms with Crippen molar-refractivity contribution in [2.45, 2.75) is 13.8 Å². The van der Waals surface area contributed by atoms with Crippen LogP contribution in [0.25, 0.3) is 6.08 Å². The minimum absolute atomic E-state index is 0.178. The Morgan fingerprint density at radius 3 is 2.77 bits per heavy atom. The van der Waals surface area contributed by atoms with Crippen molar-refractivity contribution >= 4 is 17.8 Å². The topological polar surface area (TPSA) is 65.7 Å². The van der Waals surface area contributed by atoms with Gasteiger partial charge in [-0.15, -0.1) is 0 Å². The van der Waals surface area contributed by atoms with Gasteiger partial charge in [0.05, 0.1) is 17.7 Å². The van der Waals surface area contributed by atoms with E-state index in [0.717, 1.165) is 0 Å². The second kappa shape index (κ2) is 5.52. The predicted octanol–water partition coefficient (Wildman–Crippen LogP) is 3.46. The number of hydrogen-bond acceptors (Lipinski definition) is 5. The van der Waals surface area contributed by atoms with Gasteiger partial charge in [-0.1, -0.05) is 13.8 Å². The van der Waals surface area contributed by atoms with E-state index in [0.29, 0.717) is 22.8 Å². The zero-order valence-electron chi connectivity index (χ0n) is 12.2. The highest BCUT2D eigenvalue weighted by atomic mass is 16.5. The maximum Gasteiger partial charge on any atom is 0.313 e. The van der Waals surface area contributed by atoms with Crippen molar-refractivity contribution < 1.29 is 23.5 Å². The first-order chi connectivity index (χ1) is 10.5. The van der Waals surface area contributed by atoms with E-state index in [1.54, 1.807) is 38.1 Å². The number of rotatable bonds is 3. The van der Waals surface area contributed by atoms with Gasteiger partial charge in [-0.3, -0.25) is 9.59 Å². The number of esters is 1. The zero-order valence-corrected chi connectivity index (χ0v) is 12.2. The zero-order chi connectivity index (χ0) is 15.7. The number of ether oxygens (including phenoxy) is 2. The largest absolute Gasteiger partial charge is 0.465 e. The molecular formula is C17H14O5. The monoisotopic (exact) mass is 298 g/mol. The lowest BCUT2D eigenvalue weighted by atomic mass is 10.1. The standard InChI is InChI=1S/C17H14O5/c1-10(2)17(19)21-12-5-6-13-14(9-12)22-15(16(13)18)8-11-4-3-7-20-11/h3-10H,1-2H3/b15-8-. The van der Waals surface area contributed by atoms with E-state index >= 15 is 0 Å². The first-order valence-corrected chi connectivity index (χ1v) is 6.88. The molecule has 1 aromatic heterocycles. The van der Waals surface area contributed by atoms with Crippen molar-refractivity contribution in [1.82, 2.24) is 0 Å². The third kappa shape index (κ3) is 2.65. The Morgan fingerprint density at radius 2 is 2.09 bits per heavy atom. The van der Waals surface area contributed by atoms with Crippen molar-refractivity contribution in [2.24, 2.45) is 5.92 Å². The molecule has 1 aliphatic rings. The van der Waals surface area contributed by atoms with E-state index in [2.05, 4.69) is 0 Å². The summed E-state index contributed by atoms with van der Waals surface area (Å²) in [4.78, 5) is 23.8. The van der Waals surface area contributed by atoms with E-state index in [-0.39, 0.29) is 23.4 Å². The molecule has 112 valence electrons. The van der Waals surface area contributed by atoms with Crippen molar-refractivity contribution in [3.8, 4) is 11.5 Å². The molecule has 0 atom stereocenters. The number of allylic oxidation sites excluding steroid dienone is 1. The summed E-state index contributed by atoms with van der Waals surface area (Å²) in [5.41, 5.74) is 0.433. The molecule has 3 rings (SSSR count). The Hall–Kier alpha value is -2.82. The van der Waals surface area contributed by atoms with Crippen LogP contribution >= 0.6 is 0 Å². The fourth-order valence-corrected chi connectivity index (χ4v) is 1.97. The van der Waals surface area contributed by atoms with Gasteiger partial charge < -0.3 is 13.9 Å². The number of carbonyl (C=O) groups is 2. The van der Waals surface area contributed by atoms with Crippen LogP contribution in [0.1, 0.15) is 30.0 Å². The number of hydrogen-bond donors (Lipinski definition) is 0. The first kappa shape index (κ1) is 14.1. The average Bonchev–Trinajstić information content (AvgIpc) is 3.08. The highest BCUT2D eigenvalue weighted by Crippen LogP contribution is 2.35. The molecule has 1 aromatic carbocycles. The Labute approximate surface area is 127 Å². The van der Waals surface area contributed by atoms with Crippen LogP contribution < -0.4 is 9.47 Å². The summed E-state index contributed by atoms with van der Waals surface area (Å²) in [5, 5.41) is 0. The van der Waals surface area contributed by atoms with Gasteiger partial charge in [0.15, 0.2) is 5.76 Å². The fourth-order valence-electron chi connectivity index (χ4n) is 1.97. The van der Waals surface area contributed by atoms with E-state index in [1.807, 2.05) is 0 Å². The van der Waals surface area contributed by atoms with E-state index in [4.69, 9.17) is 13.9 Å². The van der Waals surface area contributed by atoms with Gasteiger partial charge in [0.2, 0.25) is 5.78 Å². The lowest BCUT2D eigenvalue weighted by Gasteiger charge is -2.07. The summed E-state index contributed by atoms with van der Waals surface area (Å²) in [6.07, 6.45) is 3.05. The van der Waals surface area contributed by atoms with Crippen LogP contribution in [0.5, 0.6) is 11.5 Å². The van der Waals surface area contributed by atoms with Crippen LogP contribution in [0, 0.1) is 5.92 Å². The van der Waals surface area contributed by atoms with Gasteiger partial charge in [-0.25, -0.2) is 0 Å². The quantitative estimate of drug-likeness (QED) is 0.493. The van der Waals surface area contributed by atoms with Crippen LogP contribution in [0.3, 0.4) is 0 Å². The Bertz CT molecular complexity index is 753. The summed E-state index contributed by atoms with van der Waals surface area (Å²) in [6, 6.07) is 8.15. The van der Waals surface area contributed by atoms with Crippen LogP contribution in [0.4, 0.5) is 0 Å². The molecule has 0 fully saturated rings. The van der Waals surface area contributed by atoms with Crippen LogP contribution in [0.2, 0.25) is 0 Å². The molecule has 5 heteroatoms. The molecule has 2 heterocycles. The number of fused-ring (bicyclic) bond motifs is 1. The van der Waals surface area contributed by atoms with Gasteiger partial charge in [-0.2, -0.15) is 0 Å². The Balaban J connectivity index is 1.85. The molecule has 22 heavy (non-hydrogen) atoms.